The normalized spacial score (nSPS) is 16.7. The van der Waals surface area contributed by atoms with E-state index in [1.165, 1.54) is 12.0 Å². The van der Waals surface area contributed by atoms with Crippen LogP contribution in [0.1, 0.15) is 59.9 Å². The number of esters is 1. The number of piperazine rings is 1. The average molecular weight is 479 g/mol. The summed E-state index contributed by atoms with van der Waals surface area (Å²) < 4.78 is 14.9. The number of hydrogen-bond acceptors (Lipinski definition) is 7. The Morgan fingerprint density at radius 2 is 1.74 bits per heavy atom. The lowest BCUT2D eigenvalue weighted by Crippen LogP contribution is -2.59. The summed E-state index contributed by atoms with van der Waals surface area (Å²) in [7, 11) is 1.36. The van der Waals surface area contributed by atoms with Crippen LogP contribution in [0.25, 0.3) is 0 Å². The maximum atomic E-state index is 12.4. The van der Waals surface area contributed by atoms with Crippen LogP contribution < -0.4 is 0 Å². The average Bonchev–Trinajstić information content (AvgIpc) is 2.80. The highest BCUT2D eigenvalue weighted by Crippen LogP contribution is 2.25. The number of benzene rings is 1. The Morgan fingerprint density at radius 1 is 1.09 bits per heavy atom. The van der Waals surface area contributed by atoms with E-state index in [2.05, 4.69) is 30.4 Å². The third kappa shape index (κ3) is 11.0. The van der Waals surface area contributed by atoms with E-state index in [-0.39, 0.29) is 11.4 Å². The first-order valence-electron chi connectivity index (χ1n) is 11.8. The Bertz CT molecular complexity index is 760. The van der Waals surface area contributed by atoms with Crippen LogP contribution >= 0.6 is 0 Å². The summed E-state index contributed by atoms with van der Waals surface area (Å²) in [6.07, 6.45) is 1.72. The predicted octanol–water partition coefficient (Wildman–Crippen LogP) is 4.27. The second-order valence-electron chi connectivity index (χ2n) is 10.2. The minimum Gasteiger partial charge on any atom is -0.467 e. The summed E-state index contributed by atoms with van der Waals surface area (Å²) in [6.45, 7) is 15.6. The molecule has 1 saturated heterocycles. The van der Waals surface area contributed by atoms with Crippen LogP contribution in [0.5, 0.6) is 0 Å². The van der Waals surface area contributed by atoms with Gasteiger partial charge in [0, 0.05) is 19.6 Å². The summed E-state index contributed by atoms with van der Waals surface area (Å²) in [6, 6.07) is 8.94. The van der Waals surface area contributed by atoms with Crippen molar-refractivity contribution in [2.75, 3.05) is 33.3 Å². The van der Waals surface area contributed by atoms with E-state index in [0.717, 1.165) is 31.5 Å². The molecule has 34 heavy (non-hydrogen) atoms. The second kappa shape index (κ2) is 13.9. The van der Waals surface area contributed by atoms with Crippen LogP contribution in [0.2, 0.25) is 0 Å². The van der Waals surface area contributed by atoms with E-state index in [1.807, 2.05) is 51.1 Å². The van der Waals surface area contributed by atoms with Gasteiger partial charge in [0.25, 0.3) is 6.47 Å². The van der Waals surface area contributed by atoms with Crippen molar-refractivity contribution in [3.63, 3.8) is 0 Å². The number of rotatable bonds is 8. The molecule has 1 heterocycles. The Labute approximate surface area is 204 Å². The van der Waals surface area contributed by atoms with Gasteiger partial charge in [0.15, 0.2) is 0 Å². The minimum absolute atomic E-state index is 0.281. The van der Waals surface area contributed by atoms with Gasteiger partial charge < -0.3 is 14.2 Å². The van der Waals surface area contributed by atoms with Crippen LogP contribution in [0, 0.1) is 5.41 Å². The SMILES string of the molecule is CCC(C)(C)CCN1CCN(C(=O)OC(C)(C)C)C(C(=O)OC)C1.O=COCc1ccccc1. The molecule has 192 valence electrons. The molecule has 0 radical (unpaired) electrons. The van der Waals surface area contributed by atoms with Crippen LogP contribution in [-0.2, 0) is 30.4 Å². The van der Waals surface area contributed by atoms with Crippen LogP contribution in [-0.4, -0.2) is 73.3 Å². The number of carbonyl (C=O) groups is 3. The number of nitrogens with zero attached hydrogens (tertiary/aromatic N) is 2. The smallest absolute Gasteiger partial charge is 0.411 e. The third-order valence-electron chi connectivity index (χ3n) is 5.79. The van der Waals surface area contributed by atoms with Crippen LogP contribution in [0.15, 0.2) is 30.3 Å². The van der Waals surface area contributed by atoms with Gasteiger partial charge in [0.05, 0.1) is 7.11 Å². The summed E-state index contributed by atoms with van der Waals surface area (Å²) in [5.41, 5.74) is 0.706. The molecule has 1 unspecified atom stereocenters. The second-order valence-corrected chi connectivity index (χ2v) is 10.2. The van der Waals surface area contributed by atoms with Gasteiger partial charge in [0.2, 0.25) is 0 Å². The molecule has 0 spiro atoms. The molecule has 0 aromatic heterocycles. The van der Waals surface area contributed by atoms with E-state index in [9.17, 15) is 14.4 Å². The standard InChI is InChI=1S/C18H34N2O4.C8H8O2/c1-8-18(5,6)9-10-19-11-12-20(14(13-19)15(21)23-7)16(22)24-17(2,3)4;9-7-10-6-8-4-2-1-3-5-8/h14H,8-13H2,1-7H3;1-5,7H,6H2. The number of methoxy groups -OCH3 is 1. The third-order valence-corrected chi connectivity index (χ3v) is 5.79. The molecule has 1 aromatic rings. The maximum Gasteiger partial charge on any atom is 0.411 e. The van der Waals surface area contributed by atoms with Crippen molar-refractivity contribution in [3.8, 4) is 0 Å². The largest absolute Gasteiger partial charge is 0.467 e. The maximum absolute atomic E-state index is 12.4. The predicted molar refractivity (Wildman–Crippen MR) is 131 cm³/mol. The zero-order valence-electron chi connectivity index (χ0n) is 21.8. The van der Waals surface area contributed by atoms with Gasteiger partial charge in [0.1, 0.15) is 18.2 Å². The van der Waals surface area contributed by atoms with Crippen molar-refractivity contribution in [3.05, 3.63) is 35.9 Å². The number of amides is 1. The van der Waals surface area contributed by atoms with Crippen molar-refractivity contribution in [1.29, 1.82) is 0 Å². The van der Waals surface area contributed by atoms with Gasteiger partial charge in [-0.25, -0.2) is 9.59 Å². The lowest BCUT2D eigenvalue weighted by Gasteiger charge is -2.41. The van der Waals surface area contributed by atoms with Crippen molar-refractivity contribution in [1.82, 2.24) is 9.80 Å². The van der Waals surface area contributed by atoms with Gasteiger partial charge in [-0.2, -0.15) is 0 Å². The lowest BCUT2D eigenvalue weighted by atomic mass is 9.86. The first-order valence-corrected chi connectivity index (χ1v) is 11.8. The van der Waals surface area contributed by atoms with E-state index >= 15 is 0 Å². The highest BCUT2D eigenvalue weighted by molar-refractivity contribution is 5.82. The molecule has 1 aliphatic rings. The first-order chi connectivity index (χ1) is 15.9. The fourth-order valence-electron chi connectivity index (χ4n) is 3.26. The van der Waals surface area contributed by atoms with Crippen LogP contribution in [0.3, 0.4) is 0 Å². The zero-order chi connectivity index (χ0) is 25.8. The number of carbonyl (C=O) groups excluding carboxylic acids is 3. The molecule has 8 nitrogen and oxygen atoms in total. The minimum atomic E-state index is -0.608. The molecule has 0 bridgehead atoms. The molecular weight excluding hydrogens is 436 g/mol. The topological polar surface area (TPSA) is 85.4 Å². The lowest BCUT2D eigenvalue weighted by molar-refractivity contribution is -0.149. The Kier molecular flexibility index (Phi) is 12.1. The Hall–Kier alpha value is -2.61. The summed E-state index contributed by atoms with van der Waals surface area (Å²) >= 11 is 0. The molecular formula is C26H42N2O6. The molecule has 0 N–H and O–H groups in total. The number of hydrogen-bond donors (Lipinski definition) is 0. The van der Waals surface area contributed by atoms with Gasteiger partial charge in [-0.15, -0.1) is 0 Å². The first kappa shape index (κ1) is 29.4. The van der Waals surface area contributed by atoms with Gasteiger partial charge in [-0.05, 0) is 44.7 Å². The summed E-state index contributed by atoms with van der Waals surface area (Å²) in [4.78, 5) is 38.0. The van der Waals surface area contributed by atoms with E-state index in [1.54, 1.807) is 0 Å². The number of ether oxygens (including phenoxy) is 3. The Morgan fingerprint density at radius 3 is 2.26 bits per heavy atom. The molecule has 8 heteroatoms. The monoisotopic (exact) mass is 478 g/mol. The van der Waals surface area contributed by atoms with Gasteiger partial charge in [-0.3, -0.25) is 14.6 Å². The van der Waals surface area contributed by atoms with E-state index in [4.69, 9.17) is 9.47 Å². The quantitative estimate of drug-likeness (QED) is 0.313. The van der Waals surface area contributed by atoms with Crippen molar-refractivity contribution in [2.24, 2.45) is 5.41 Å². The zero-order valence-corrected chi connectivity index (χ0v) is 21.8. The molecule has 1 amide bonds. The molecule has 1 aliphatic heterocycles. The van der Waals surface area contributed by atoms with E-state index in [0.29, 0.717) is 26.2 Å². The Balaban J connectivity index is 0.000000479. The van der Waals surface area contributed by atoms with Crippen LogP contribution in [0.4, 0.5) is 4.79 Å². The van der Waals surface area contributed by atoms with E-state index < -0.39 is 17.7 Å². The summed E-state index contributed by atoms with van der Waals surface area (Å²) in [5, 5.41) is 0. The molecule has 0 aliphatic carbocycles. The highest BCUT2D eigenvalue weighted by atomic mass is 16.6. The molecule has 0 saturated carbocycles. The molecule has 1 aromatic carbocycles. The van der Waals surface area contributed by atoms with Gasteiger partial charge >= 0.3 is 12.1 Å². The van der Waals surface area contributed by atoms with Crippen molar-refractivity contribution in [2.45, 2.75) is 72.6 Å². The fraction of sp³-hybridized carbons (Fsp3) is 0.654. The van der Waals surface area contributed by atoms with Crippen molar-refractivity contribution >= 4 is 18.5 Å². The highest BCUT2D eigenvalue weighted by Gasteiger charge is 2.38. The molecule has 1 atom stereocenters. The summed E-state index contributed by atoms with van der Waals surface area (Å²) in [5.74, 6) is -0.389. The van der Waals surface area contributed by atoms with Gasteiger partial charge in [-0.1, -0.05) is 57.5 Å². The molecule has 1 fully saturated rings. The molecule has 2 rings (SSSR count). The fourth-order valence-corrected chi connectivity index (χ4v) is 3.26. The van der Waals surface area contributed by atoms with Crippen molar-refractivity contribution < 1.29 is 28.6 Å².